The molecule has 1 saturated heterocycles. The topological polar surface area (TPSA) is 113 Å². The molecule has 2 aromatic heterocycles. The first-order valence-electron chi connectivity index (χ1n) is 16.7. The number of amides is 1. The number of morpholine rings is 1. The molecule has 5 aromatic rings. The summed E-state index contributed by atoms with van der Waals surface area (Å²) in [6, 6.07) is 16.0. The minimum atomic E-state index is -0.703. The summed E-state index contributed by atoms with van der Waals surface area (Å²) >= 11 is 6.70. The van der Waals surface area contributed by atoms with E-state index in [0.717, 1.165) is 61.3 Å². The number of hydrogen-bond acceptors (Lipinski definition) is 9. The summed E-state index contributed by atoms with van der Waals surface area (Å²) in [6.07, 6.45) is 4.56. The molecule has 2 aliphatic rings. The van der Waals surface area contributed by atoms with Crippen LogP contribution in [0, 0.1) is 5.82 Å². The third-order valence-corrected chi connectivity index (χ3v) is 9.14. The van der Waals surface area contributed by atoms with Gasteiger partial charge in [0, 0.05) is 49.2 Å². The minimum Gasteiger partial charge on any atom is -0.496 e. The van der Waals surface area contributed by atoms with Gasteiger partial charge in [-0.05, 0) is 72.5 Å². The van der Waals surface area contributed by atoms with Crippen LogP contribution in [0.25, 0.3) is 16.6 Å². The molecule has 1 N–H and O–H groups in total. The lowest BCUT2D eigenvalue weighted by Gasteiger charge is -2.26. The number of nitrogens with zero attached hydrogens (tertiary/aromatic N) is 3. The predicted octanol–water partition coefficient (Wildman–Crippen LogP) is 5.90. The van der Waals surface area contributed by atoms with Crippen LogP contribution in [0.1, 0.15) is 27.9 Å². The van der Waals surface area contributed by atoms with E-state index in [1.165, 1.54) is 48.2 Å². The zero-order valence-electron chi connectivity index (χ0n) is 28.0. The van der Waals surface area contributed by atoms with Crippen LogP contribution in [-0.4, -0.2) is 80.1 Å². The molecule has 1 fully saturated rings. The van der Waals surface area contributed by atoms with Crippen LogP contribution in [-0.2, 0) is 11.2 Å². The Morgan fingerprint density at radius 3 is 2.53 bits per heavy atom. The number of carbonyl (C=O) groups excluding carboxylic acids is 1. The molecule has 7 rings (SSSR count). The number of ether oxygens (including phenoxy) is 5. The van der Waals surface area contributed by atoms with Crippen LogP contribution < -0.4 is 29.8 Å². The van der Waals surface area contributed by atoms with Gasteiger partial charge in [0.1, 0.15) is 30.3 Å². The highest BCUT2D eigenvalue weighted by Gasteiger charge is 2.25. The fourth-order valence-electron chi connectivity index (χ4n) is 6.30. The zero-order chi connectivity index (χ0) is 35.3. The van der Waals surface area contributed by atoms with Crippen LogP contribution in [0.4, 0.5) is 10.1 Å². The number of carbonyl (C=O) groups is 1. The highest BCUT2D eigenvalue weighted by Crippen LogP contribution is 2.46. The Hall–Kier alpha value is -5.17. The molecule has 13 heteroatoms. The molecule has 0 atom stereocenters. The molecule has 0 bridgehead atoms. The Morgan fingerprint density at radius 2 is 1.76 bits per heavy atom. The first-order chi connectivity index (χ1) is 24.9. The molecule has 1 amide bonds. The van der Waals surface area contributed by atoms with Gasteiger partial charge in [-0.1, -0.05) is 17.7 Å². The summed E-state index contributed by atoms with van der Waals surface area (Å²) in [5.74, 6) is 0.713. The highest BCUT2D eigenvalue weighted by molar-refractivity contribution is 6.34. The van der Waals surface area contributed by atoms with Gasteiger partial charge in [-0.15, -0.1) is 0 Å². The molecule has 4 heterocycles. The lowest BCUT2D eigenvalue weighted by molar-refractivity contribution is 0.0357. The average Bonchev–Trinajstić information content (AvgIpc) is 3.15. The quantitative estimate of drug-likeness (QED) is 0.167. The van der Waals surface area contributed by atoms with Gasteiger partial charge in [-0.25, -0.2) is 4.39 Å². The van der Waals surface area contributed by atoms with Crippen molar-refractivity contribution in [1.82, 2.24) is 14.5 Å². The number of fused-ring (bicyclic) bond motifs is 3. The van der Waals surface area contributed by atoms with Crippen molar-refractivity contribution in [3.8, 4) is 28.7 Å². The summed E-state index contributed by atoms with van der Waals surface area (Å²) in [5.41, 5.74) is 2.39. The van der Waals surface area contributed by atoms with E-state index in [1.54, 1.807) is 18.3 Å². The number of hydrogen-bond donors (Lipinski definition) is 1. The molecule has 11 nitrogen and oxygen atoms in total. The van der Waals surface area contributed by atoms with E-state index in [0.29, 0.717) is 54.9 Å². The first kappa shape index (κ1) is 34.3. The minimum absolute atomic E-state index is 0.0873. The van der Waals surface area contributed by atoms with E-state index < -0.39 is 17.3 Å². The molecule has 0 saturated carbocycles. The third-order valence-electron chi connectivity index (χ3n) is 8.83. The van der Waals surface area contributed by atoms with E-state index in [9.17, 15) is 14.0 Å². The molecular weight excluding hydrogens is 679 g/mol. The lowest BCUT2D eigenvalue weighted by atomic mass is 9.99. The molecule has 3 aromatic carbocycles. The van der Waals surface area contributed by atoms with Gasteiger partial charge in [-0.2, -0.15) is 0 Å². The number of pyridine rings is 2. The molecule has 0 unspecified atom stereocenters. The highest BCUT2D eigenvalue weighted by atomic mass is 35.5. The Bertz CT molecular complexity index is 2120. The third kappa shape index (κ3) is 7.48. The number of aromatic nitrogens is 2. The van der Waals surface area contributed by atoms with E-state index in [2.05, 4.69) is 15.2 Å². The van der Waals surface area contributed by atoms with Gasteiger partial charge in [0.15, 0.2) is 11.5 Å². The Morgan fingerprint density at radius 1 is 0.980 bits per heavy atom. The fourth-order valence-corrected chi connectivity index (χ4v) is 6.55. The number of anilines is 1. The Labute approximate surface area is 298 Å². The van der Waals surface area contributed by atoms with E-state index >= 15 is 0 Å². The maximum absolute atomic E-state index is 13.5. The number of rotatable bonds is 11. The zero-order valence-corrected chi connectivity index (χ0v) is 28.7. The van der Waals surface area contributed by atoms with Gasteiger partial charge < -0.3 is 29.0 Å². The van der Waals surface area contributed by atoms with Crippen molar-refractivity contribution in [2.75, 3.05) is 65.1 Å². The van der Waals surface area contributed by atoms with Crippen molar-refractivity contribution in [3.05, 3.63) is 111 Å². The van der Waals surface area contributed by atoms with Gasteiger partial charge in [0.05, 0.1) is 43.2 Å². The first-order valence-corrected chi connectivity index (χ1v) is 17.1. The number of nitrogens with one attached hydrogen (secondary N) is 1. The largest absolute Gasteiger partial charge is 0.496 e. The number of halogens is 2. The Balaban J connectivity index is 1.10. The summed E-state index contributed by atoms with van der Waals surface area (Å²) in [5, 5.41) is 3.85. The standard InChI is InChI=1S/C38H36ClFN4O7/c1-47-31-10-13-44(27-6-4-26(40)5-7-27)38(46)34(31)37(45)42-29-8-3-24(22-28(29)39)21-25-9-11-41-30-23-32(35-36(33(25)30)51-20-19-50-35)49-16-2-12-43-14-17-48-18-15-43/h3-11,13,22-23H,2,12,14-21H2,1H3,(H,42,45). The van der Waals surface area contributed by atoms with E-state index in [4.69, 9.17) is 35.3 Å². The lowest BCUT2D eigenvalue weighted by Crippen LogP contribution is -2.37. The smallest absolute Gasteiger partial charge is 0.271 e. The van der Waals surface area contributed by atoms with Crippen LogP contribution in [0.3, 0.4) is 0 Å². The Kier molecular flexibility index (Phi) is 10.3. The second-order valence-electron chi connectivity index (χ2n) is 12.1. The van der Waals surface area contributed by atoms with E-state index in [1.807, 2.05) is 18.2 Å². The van der Waals surface area contributed by atoms with Crippen molar-refractivity contribution in [2.24, 2.45) is 0 Å². The molecule has 0 aliphatic carbocycles. The van der Waals surface area contributed by atoms with Gasteiger partial charge in [0.25, 0.3) is 11.5 Å². The SMILES string of the molecule is COc1ccn(-c2ccc(F)cc2)c(=O)c1C(=O)Nc1ccc(Cc2ccnc3cc(OCCCN4CCOCC4)c4c(c23)OCCO4)cc1Cl. The van der Waals surface area contributed by atoms with Crippen molar-refractivity contribution in [3.63, 3.8) is 0 Å². The molecule has 264 valence electrons. The van der Waals surface area contributed by atoms with Crippen LogP contribution in [0.2, 0.25) is 5.02 Å². The van der Waals surface area contributed by atoms with Crippen LogP contribution in [0.5, 0.6) is 23.0 Å². The second kappa shape index (κ2) is 15.4. The van der Waals surface area contributed by atoms with Gasteiger partial charge in [0.2, 0.25) is 5.75 Å². The van der Waals surface area contributed by atoms with Crippen LogP contribution >= 0.6 is 11.6 Å². The second-order valence-corrected chi connectivity index (χ2v) is 12.5. The average molecular weight is 715 g/mol. The van der Waals surface area contributed by atoms with Crippen molar-refractivity contribution >= 4 is 34.1 Å². The van der Waals surface area contributed by atoms with Gasteiger partial charge >= 0.3 is 0 Å². The van der Waals surface area contributed by atoms with Crippen molar-refractivity contribution in [1.29, 1.82) is 0 Å². The van der Waals surface area contributed by atoms with Crippen LogP contribution in [0.15, 0.2) is 77.9 Å². The molecule has 51 heavy (non-hydrogen) atoms. The van der Waals surface area contributed by atoms with Gasteiger partial charge in [-0.3, -0.25) is 24.0 Å². The monoisotopic (exact) mass is 714 g/mol. The predicted molar refractivity (Wildman–Crippen MR) is 191 cm³/mol. The maximum atomic E-state index is 13.5. The number of methoxy groups -OCH3 is 1. The summed E-state index contributed by atoms with van der Waals surface area (Å²) in [7, 11) is 1.37. The molecule has 2 aliphatic heterocycles. The normalized spacial score (nSPS) is 14.3. The summed E-state index contributed by atoms with van der Waals surface area (Å²) < 4.78 is 44.0. The maximum Gasteiger partial charge on any atom is 0.271 e. The van der Waals surface area contributed by atoms with E-state index in [-0.39, 0.29) is 16.3 Å². The molecular formula is C38H36ClFN4O7. The number of benzene rings is 3. The molecule has 0 spiro atoms. The van der Waals surface area contributed by atoms with Crippen molar-refractivity contribution < 1.29 is 32.9 Å². The molecule has 0 radical (unpaired) electrons. The fraction of sp³-hybridized carbons (Fsp3) is 0.289. The van der Waals surface area contributed by atoms with Crippen molar-refractivity contribution in [2.45, 2.75) is 12.8 Å². The summed E-state index contributed by atoms with van der Waals surface area (Å²) in [4.78, 5) is 33.9. The summed E-state index contributed by atoms with van der Waals surface area (Å²) in [6.45, 7) is 5.67.